The molecule has 0 amide bonds. The Hall–Kier alpha value is -0.710. The van der Waals surface area contributed by atoms with Crippen molar-refractivity contribution < 1.29 is 9.90 Å². The fourth-order valence-corrected chi connectivity index (χ4v) is 1.94. The highest BCUT2D eigenvalue weighted by molar-refractivity contribution is 7.12. The number of ketones is 1. The number of thiophene rings is 1. The first-order valence-electron chi connectivity index (χ1n) is 5.15. The zero-order valence-electron chi connectivity index (χ0n) is 8.90. The summed E-state index contributed by atoms with van der Waals surface area (Å²) in [6.07, 6.45) is 1.08. The second-order valence-electron chi connectivity index (χ2n) is 3.56. The lowest BCUT2D eigenvalue weighted by Gasteiger charge is -2.05. The van der Waals surface area contributed by atoms with Gasteiger partial charge in [0.25, 0.3) is 0 Å². The van der Waals surface area contributed by atoms with Gasteiger partial charge in [0.1, 0.15) is 0 Å². The van der Waals surface area contributed by atoms with Crippen molar-refractivity contribution in [1.29, 1.82) is 0 Å². The minimum absolute atomic E-state index is 0.212. The van der Waals surface area contributed by atoms with Crippen LogP contribution in [-0.4, -0.2) is 30.1 Å². The van der Waals surface area contributed by atoms with Crippen LogP contribution in [0.5, 0.6) is 0 Å². The summed E-state index contributed by atoms with van der Waals surface area (Å²) < 4.78 is 0. The summed E-state index contributed by atoms with van der Waals surface area (Å²) in [4.78, 5) is 12.4. The summed E-state index contributed by atoms with van der Waals surface area (Å²) in [5.41, 5.74) is 0. The average Bonchev–Trinajstić information content (AvgIpc) is 2.69. The first kappa shape index (κ1) is 12.4. The van der Waals surface area contributed by atoms with Gasteiger partial charge in [0.2, 0.25) is 0 Å². The normalized spacial score (nSPS) is 12.7. The van der Waals surface area contributed by atoms with Crippen LogP contribution in [0.3, 0.4) is 0 Å². The van der Waals surface area contributed by atoms with E-state index in [1.807, 2.05) is 17.5 Å². The van der Waals surface area contributed by atoms with Crippen molar-refractivity contribution in [3.63, 3.8) is 0 Å². The van der Waals surface area contributed by atoms with Gasteiger partial charge in [0.05, 0.1) is 11.0 Å². The van der Waals surface area contributed by atoms with E-state index in [-0.39, 0.29) is 11.9 Å². The van der Waals surface area contributed by atoms with Gasteiger partial charge in [0.15, 0.2) is 5.78 Å². The average molecular weight is 227 g/mol. The quantitative estimate of drug-likeness (QED) is 0.550. The van der Waals surface area contributed by atoms with Crippen molar-refractivity contribution in [2.75, 3.05) is 13.1 Å². The molecule has 0 fully saturated rings. The number of nitrogens with one attached hydrogen (secondary N) is 1. The minimum atomic E-state index is -0.321. The topological polar surface area (TPSA) is 49.3 Å². The largest absolute Gasteiger partial charge is 0.392 e. The molecule has 4 heteroatoms. The number of rotatable bonds is 7. The van der Waals surface area contributed by atoms with Crippen LogP contribution in [-0.2, 0) is 0 Å². The predicted octanol–water partition coefficient (Wildman–Crippen LogP) is 1.68. The molecule has 3 nitrogen and oxygen atoms in total. The zero-order valence-corrected chi connectivity index (χ0v) is 9.72. The molecule has 15 heavy (non-hydrogen) atoms. The van der Waals surface area contributed by atoms with E-state index in [2.05, 4.69) is 5.32 Å². The van der Waals surface area contributed by atoms with Crippen molar-refractivity contribution in [3.05, 3.63) is 22.4 Å². The van der Waals surface area contributed by atoms with E-state index in [0.717, 1.165) is 17.8 Å². The van der Waals surface area contributed by atoms with Crippen LogP contribution in [0.25, 0.3) is 0 Å². The van der Waals surface area contributed by atoms with Crippen LogP contribution in [0, 0.1) is 0 Å². The van der Waals surface area contributed by atoms with Gasteiger partial charge >= 0.3 is 0 Å². The third kappa shape index (κ3) is 5.06. The molecule has 0 saturated heterocycles. The molecule has 0 aliphatic rings. The number of carbonyl (C=O) groups excluding carboxylic acids is 1. The third-order valence-electron chi connectivity index (χ3n) is 1.99. The molecule has 0 aromatic carbocycles. The summed E-state index contributed by atoms with van der Waals surface area (Å²) in [5.74, 6) is 0.212. The predicted molar refractivity (Wildman–Crippen MR) is 62.4 cm³/mol. The highest BCUT2D eigenvalue weighted by Crippen LogP contribution is 2.11. The number of hydrogen-bond acceptors (Lipinski definition) is 4. The van der Waals surface area contributed by atoms with E-state index in [9.17, 15) is 4.79 Å². The van der Waals surface area contributed by atoms with Crippen molar-refractivity contribution in [2.24, 2.45) is 0 Å². The van der Waals surface area contributed by atoms with Gasteiger partial charge in [-0.2, -0.15) is 0 Å². The van der Waals surface area contributed by atoms with Crippen LogP contribution in [0.1, 0.15) is 29.4 Å². The van der Waals surface area contributed by atoms with E-state index in [1.54, 1.807) is 6.92 Å². The van der Waals surface area contributed by atoms with E-state index in [1.165, 1.54) is 11.3 Å². The molecule has 1 rings (SSSR count). The number of Topliss-reactive ketones (excluding diaryl/α,β-unsaturated/α-hetero) is 1. The molecule has 1 aromatic rings. The number of carbonyl (C=O) groups is 1. The van der Waals surface area contributed by atoms with Crippen LogP contribution in [0.15, 0.2) is 17.5 Å². The van der Waals surface area contributed by atoms with Crippen LogP contribution in [0.2, 0.25) is 0 Å². The molecule has 1 unspecified atom stereocenters. The van der Waals surface area contributed by atoms with E-state index in [4.69, 9.17) is 5.11 Å². The van der Waals surface area contributed by atoms with Gasteiger partial charge in [-0.3, -0.25) is 4.79 Å². The second-order valence-corrected chi connectivity index (χ2v) is 4.50. The van der Waals surface area contributed by atoms with E-state index in [0.29, 0.717) is 13.0 Å². The highest BCUT2D eigenvalue weighted by atomic mass is 32.1. The SMILES string of the molecule is CC(O)CNCCCC(=O)c1cccs1. The van der Waals surface area contributed by atoms with Gasteiger partial charge in [0, 0.05) is 13.0 Å². The molecule has 1 aromatic heterocycles. The van der Waals surface area contributed by atoms with Crippen LogP contribution < -0.4 is 5.32 Å². The fourth-order valence-electron chi connectivity index (χ4n) is 1.25. The van der Waals surface area contributed by atoms with Crippen LogP contribution >= 0.6 is 11.3 Å². The monoisotopic (exact) mass is 227 g/mol. The van der Waals surface area contributed by atoms with Crippen molar-refractivity contribution in [1.82, 2.24) is 5.32 Å². The molecular weight excluding hydrogens is 210 g/mol. The lowest BCUT2D eigenvalue weighted by atomic mass is 10.2. The van der Waals surface area contributed by atoms with Crippen molar-refractivity contribution >= 4 is 17.1 Å². The molecule has 0 spiro atoms. The molecule has 84 valence electrons. The Kier molecular flexibility index (Phi) is 5.53. The van der Waals surface area contributed by atoms with Gasteiger partial charge in [-0.05, 0) is 31.3 Å². The van der Waals surface area contributed by atoms with Crippen LogP contribution in [0.4, 0.5) is 0 Å². The molecule has 0 radical (unpaired) electrons. The molecule has 1 atom stereocenters. The summed E-state index contributed by atoms with van der Waals surface area (Å²) in [6.45, 7) is 3.11. The molecular formula is C11H17NO2S. The summed E-state index contributed by atoms with van der Waals surface area (Å²) in [7, 11) is 0. The molecule has 0 aliphatic heterocycles. The van der Waals surface area contributed by atoms with E-state index >= 15 is 0 Å². The molecule has 0 bridgehead atoms. The van der Waals surface area contributed by atoms with Gasteiger partial charge in [-0.1, -0.05) is 6.07 Å². The second kappa shape index (κ2) is 6.71. The maximum absolute atomic E-state index is 11.5. The lowest BCUT2D eigenvalue weighted by Crippen LogP contribution is -2.25. The fraction of sp³-hybridized carbons (Fsp3) is 0.545. The Labute approximate surface area is 94.1 Å². The van der Waals surface area contributed by atoms with Gasteiger partial charge in [-0.15, -0.1) is 11.3 Å². The first-order valence-corrected chi connectivity index (χ1v) is 6.03. The standard InChI is InChI=1S/C11H17NO2S/c1-9(13)8-12-6-2-4-10(14)11-5-3-7-15-11/h3,5,7,9,12-13H,2,4,6,8H2,1H3. The Morgan fingerprint density at radius 2 is 2.47 bits per heavy atom. The zero-order chi connectivity index (χ0) is 11.1. The van der Waals surface area contributed by atoms with Crippen molar-refractivity contribution in [2.45, 2.75) is 25.9 Å². The van der Waals surface area contributed by atoms with Gasteiger partial charge < -0.3 is 10.4 Å². The highest BCUT2D eigenvalue weighted by Gasteiger charge is 2.05. The third-order valence-corrected chi connectivity index (χ3v) is 2.90. The van der Waals surface area contributed by atoms with E-state index < -0.39 is 0 Å². The number of aliphatic hydroxyl groups excluding tert-OH is 1. The summed E-state index contributed by atoms with van der Waals surface area (Å²) in [5, 5.41) is 14.0. The van der Waals surface area contributed by atoms with Gasteiger partial charge in [-0.25, -0.2) is 0 Å². The number of aliphatic hydroxyl groups is 1. The summed E-state index contributed by atoms with van der Waals surface area (Å²) in [6, 6.07) is 3.75. The molecule has 1 heterocycles. The van der Waals surface area contributed by atoms with Crippen molar-refractivity contribution in [3.8, 4) is 0 Å². The number of hydrogen-bond donors (Lipinski definition) is 2. The molecule has 0 saturated carbocycles. The Balaban J connectivity index is 2.08. The maximum atomic E-state index is 11.5. The molecule has 2 N–H and O–H groups in total. The molecule has 0 aliphatic carbocycles. The lowest BCUT2D eigenvalue weighted by molar-refractivity contribution is 0.0983. The summed E-state index contributed by atoms with van der Waals surface area (Å²) >= 11 is 1.49. The minimum Gasteiger partial charge on any atom is -0.392 e. The Bertz CT molecular complexity index is 283. The smallest absolute Gasteiger partial charge is 0.172 e. The Morgan fingerprint density at radius 3 is 3.07 bits per heavy atom. The first-order chi connectivity index (χ1) is 7.20. The Morgan fingerprint density at radius 1 is 1.67 bits per heavy atom. The maximum Gasteiger partial charge on any atom is 0.172 e.